The van der Waals surface area contributed by atoms with E-state index in [0.29, 0.717) is 19.4 Å². The van der Waals surface area contributed by atoms with Gasteiger partial charge in [0.1, 0.15) is 12.2 Å². The third kappa shape index (κ3) is 13.5. The van der Waals surface area contributed by atoms with Gasteiger partial charge in [-0.05, 0) is 104 Å². The Morgan fingerprint density at radius 1 is 0.696 bits per heavy atom. The Kier molecular flexibility index (Phi) is 19.1. The van der Waals surface area contributed by atoms with E-state index in [0.717, 1.165) is 82.6 Å². The average molecular weight is 832 g/mol. The van der Waals surface area contributed by atoms with Crippen molar-refractivity contribution in [2.24, 2.45) is 0 Å². The molecule has 4 aliphatic rings. The lowest BCUT2D eigenvalue weighted by Gasteiger charge is -2.43. The number of aliphatic hydroxyl groups excluding tert-OH is 1. The predicted octanol–water partition coefficient (Wildman–Crippen LogP) is 8.92. The molecule has 56 heavy (non-hydrogen) atoms. The molecular formula is C45H64Cl2O8Si. The smallest absolute Gasteiger partial charge is 0.306 e. The standard InChI is InChI=1S/C30H40O4Si.C14H22O4.CH2Cl2/c1-23-22-25(33-28(23)19-17-24-18-20-29(31)34-24)12-11-21-32-35(30(2,3)4,26-13-7-5-8-14-26)27-15-9-6-10-16-27;1-10-9-12(3-2-8-15)17-13(10)6-4-11-5-7-14(16)18-11;2-1-3/h5-10,13-16,24-25,28H,1,11-12,17-22H2,2-4H3;11-13,15H,1-9H2;1H2/t24?,25-,28?;11?,12-,13?;/m00./s1. The van der Waals surface area contributed by atoms with E-state index in [4.69, 9.17) is 51.7 Å². The Morgan fingerprint density at radius 2 is 1.12 bits per heavy atom. The number of benzene rings is 2. The van der Waals surface area contributed by atoms with Gasteiger partial charge in [-0.1, -0.05) is 94.6 Å². The first kappa shape index (κ1) is 46.2. The van der Waals surface area contributed by atoms with Crippen LogP contribution in [0, 0.1) is 0 Å². The maximum Gasteiger partial charge on any atom is 0.306 e. The van der Waals surface area contributed by atoms with Gasteiger partial charge in [-0.25, -0.2) is 0 Å². The molecule has 310 valence electrons. The first-order valence-electron chi connectivity index (χ1n) is 20.4. The SMILES string of the molecule is C=C1C[C@H](CCCO)OC1CCC1CCC(=O)O1.C=C1C[C@H](CCCO[Si](c2ccccc2)(c2ccccc2)C(C)(C)C)OC1CCC1CCC(=O)O1.ClCCl. The van der Waals surface area contributed by atoms with Crippen molar-refractivity contribution in [3.8, 4) is 0 Å². The molecule has 0 bridgehead atoms. The van der Waals surface area contributed by atoms with Crippen LogP contribution in [0.5, 0.6) is 0 Å². The summed E-state index contributed by atoms with van der Waals surface area (Å²) in [4.78, 5) is 22.3. The van der Waals surface area contributed by atoms with Crippen LogP contribution in [0.15, 0.2) is 85.0 Å². The summed E-state index contributed by atoms with van der Waals surface area (Å²) in [5.41, 5.74) is 2.31. The number of halogens is 2. The number of alkyl halides is 2. The summed E-state index contributed by atoms with van der Waals surface area (Å²) in [5, 5.41) is 11.6. The van der Waals surface area contributed by atoms with Crippen molar-refractivity contribution in [3.05, 3.63) is 85.0 Å². The van der Waals surface area contributed by atoms with Gasteiger partial charge in [0.05, 0.1) is 29.8 Å². The van der Waals surface area contributed by atoms with E-state index in [1.165, 1.54) is 15.9 Å². The fourth-order valence-corrected chi connectivity index (χ4v) is 13.0. The third-order valence-corrected chi connectivity index (χ3v) is 16.2. The van der Waals surface area contributed by atoms with E-state index in [1.807, 2.05) is 0 Å². The van der Waals surface area contributed by atoms with Gasteiger partial charge >= 0.3 is 11.9 Å². The van der Waals surface area contributed by atoms with Crippen molar-refractivity contribution < 1.29 is 38.1 Å². The number of hydrogen-bond acceptors (Lipinski definition) is 8. The number of hydrogen-bond donors (Lipinski definition) is 1. The number of rotatable bonds is 16. The van der Waals surface area contributed by atoms with Crippen LogP contribution in [0.25, 0.3) is 0 Å². The van der Waals surface area contributed by atoms with Crippen molar-refractivity contribution in [2.45, 2.75) is 152 Å². The van der Waals surface area contributed by atoms with Crippen LogP contribution < -0.4 is 10.4 Å². The molecule has 4 saturated heterocycles. The lowest BCUT2D eigenvalue weighted by molar-refractivity contribution is -0.142. The molecule has 0 amide bonds. The Morgan fingerprint density at radius 3 is 1.50 bits per heavy atom. The second-order valence-electron chi connectivity index (χ2n) is 16.3. The maximum absolute atomic E-state index is 11.3. The second kappa shape index (κ2) is 23.2. The highest BCUT2D eigenvalue weighted by atomic mass is 35.5. The normalized spacial score (nSPS) is 25.0. The molecule has 0 aliphatic carbocycles. The lowest BCUT2D eigenvalue weighted by atomic mass is 10.0. The first-order valence-corrected chi connectivity index (χ1v) is 23.4. The zero-order valence-electron chi connectivity index (χ0n) is 33.7. The van der Waals surface area contributed by atoms with Crippen molar-refractivity contribution in [1.82, 2.24) is 0 Å². The maximum atomic E-state index is 11.3. The van der Waals surface area contributed by atoms with Crippen molar-refractivity contribution in [2.75, 3.05) is 18.6 Å². The Labute approximate surface area is 346 Å². The van der Waals surface area contributed by atoms with Gasteiger partial charge in [-0.15, -0.1) is 23.2 Å². The van der Waals surface area contributed by atoms with Gasteiger partial charge in [0.25, 0.3) is 8.32 Å². The van der Waals surface area contributed by atoms with Crippen molar-refractivity contribution >= 4 is 53.8 Å². The molecule has 0 saturated carbocycles. The summed E-state index contributed by atoms with van der Waals surface area (Å²) < 4.78 is 29.8. The summed E-state index contributed by atoms with van der Waals surface area (Å²) in [6.45, 7) is 16.2. The molecule has 6 atom stereocenters. The molecule has 2 aromatic carbocycles. The van der Waals surface area contributed by atoms with E-state index in [-0.39, 0.29) is 65.5 Å². The minimum atomic E-state index is -2.49. The third-order valence-electron chi connectivity index (χ3n) is 11.1. The summed E-state index contributed by atoms with van der Waals surface area (Å²) in [6, 6.07) is 21.6. The minimum Gasteiger partial charge on any atom is -0.462 e. The van der Waals surface area contributed by atoms with Crippen LogP contribution in [0.1, 0.15) is 111 Å². The van der Waals surface area contributed by atoms with Gasteiger partial charge in [0.2, 0.25) is 0 Å². The van der Waals surface area contributed by atoms with E-state index >= 15 is 0 Å². The molecule has 2 aromatic rings. The Balaban J connectivity index is 0.000000277. The molecule has 4 aliphatic heterocycles. The number of carbonyl (C=O) groups excluding carboxylic acids is 2. The predicted molar refractivity (Wildman–Crippen MR) is 227 cm³/mol. The molecule has 4 heterocycles. The highest BCUT2D eigenvalue weighted by molar-refractivity contribution is 6.99. The molecule has 8 nitrogen and oxygen atoms in total. The number of ether oxygens (including phenoxy) is 4. The first-order chi connectivity index (χ1) is 26.9. The Hall–Kier alpha value is -2.50. The molecule has 0 radical (unpaired) electrons. The molecule has 6 rings (SSSR count). The van der Waals surface area contributed by atoms with Gasteiger partial charge < -0.3 is 28.5 Å². The molecule has 1 N–H and O–H groups in total. The van der Waals surface area contributed by atoms with Crippen LogP contribution in [-0.2, 0) is 33.0 Å². The molecule has 0 spiro atoms. The van der Waals surface area contributed by atoms with E-state index in [9.17, 15) is 9.59 Å². The number of esters is 2. The van der Waals surface area contributed by atoms with Crippen molar-refractivity contribution in [3.63, 3.8) is 0 Å². The second-order valence-corrected chi connectivity index (χ2v) is 21.4. The summed E-state index contributed by atoms with van der Waals surface area (Å²) in [6.07, 6.45) is 12.4. The number of aliphatic hydroxyl groups is 1. The highest BCUT2D eigenvalue weighted by Gasteiger charge is 2.50. The summed E-state index contributed by atoms with van der Waals surface area (Å²) in [5.74, 6) is -0.146. The lowest BCUT2D eigenvalue weighted by Crippen LogP contribution is -2.66. The van der Waals surface area contributed by atoms with E-state index in [1.54, 1.807) is 0 Å². The van der Waals surface area contributed by atoms with Gasteiger partial charge in [0.15, 0.2) is 0 Å². The Bertz CT molecular complexity index is 1480. The molecular weight excluding hydrogens is 767 g/mol. The van der Waals surface area contributed by atoms with E-state index in [2.05, 4.69) is 94.6 Å². The highest BCUT2D eigenvalue weighted by Crippen LogP contribution is 2.38. The number of carbonyl (C=O) groups is 2. The zero-order chi connectivity index (χ0) is 40.6. The molecule has 4 fully saturated rings. The zero-order valence-corrected chi connectivity index (χ0v) is 36.2. The number of cyclic esters (lactones) is 2. The quantitative estimate of drug-likeness (QED) is 0.0589. The minimum absolute atomic E-state index is 0.0113. The van der Waals surface area contributed by atoms with Crippen LogP contribution in [0.3, 0.4) is 0 Å². The van der Waals surface area contributed by atoms with Gasteiger partial charge in [0, 0.05) is 26.1 Å². The molecule has 4 unspecified atom stereocenters. The van der Waals surface area contributed by atoms with Crippen LogP contribution in [-0.4, -0.2) is 80.5 Å². The fourth-order valence-electron chi connectivity index (χ4n) is 8.35. The average Bonchev–Trinajstić information content (AvgIpc) is 3.97. The van der Waals surface area contributed by atoms with E-state index < -0.39 is 8.32 Å². The topological polar surface area (TPSA) is 101 Å². The fraction of sp³-hybridized carbons (Fsp3) is 0.600. The monoisotopic (exact) mass is 830 g/mol. The summed E-state index contributed by atoms with van der Waals surface area (Å²) in [7, 11) is -2.49. The molecule has 11 heteroatoms. The van der Waals surface area contributed by atoms with Gasteiger partial charge in [-0.2, -0.15) is 0 Å². The molecule has 0 aromatic heterocycles. The summed E-state index contributed by atoms with van der Waals surface area (Å²) >= 11 is 9.53. The largest absolute Gasteiger partial charge is 0.462 e. The van der Waals surface area contributed by atoms with Crippen LogP contribution >= 0.6 is 23.2 Å². The van der Waals surface area contributed by atoms with Crippen LogP contribution in [0.2, 0.25) is 5.04 Å². The van der Waals surface area contributed by atoms with Gasteiger partial charge in [-0.3, -0.25) is 9.59 Å². The van der Waals surface area contributed by atoms with Crippen LogP contribution in [0.4, 0.5) is 0 Å². The van der Waals surface area contributed by atoms with Crippen molar-refractivity contribution in [1.29, 1.82) is 0 Å².